The number of pyridine rings is 1. The van der Waals surface area contributed by atoms with Gasteiger partial charge in [0.25, 0.3) is 0 Å². The smallest absolute Gasteiger partial charge is 0.146 e. The average molecular weight is 689 g/mol. The van der Waals surface area contributed by atoms with E-state index in [-0.39, 0.29) is 24.8 Å². The standard InChI is InChI=1S/C40H79N3O.2ClH/c1-8-10-12-14-16-18-20-22-24-26-28-30-34-42(3,4)36-38-32-33-40(44-7)39(41-38)37-43(5,6)35-31-29-27-25-23-21-19-17-15-13-11-9-2;;/h32-33H,8-31,34-37H2,1-7H3;2*1H/q+2;;/p-2. The lowest BCUT2D eigenvalue weighted by Crippen LogP contribution is -3.00. The second kappa shape index (κ2) is 30.5. The number of hydrogen-bond acceptors (Lipinski definition) is 2. The number of methoxy groups -OCH3 is 1. The number of unbranched alkanes of at least 4 members (excludes halogenated alkanes) is 22. The summed E-state index contributed by atoms with van der Waals surface area (Å²) in [6, 6.07) is 4.35. The van der Waals surface area contributed by atoms with Crippen LogP contribution in [0, 0.1) is 0 Å². The molecule has 1 aromatic heterocycles. The van der Waals surface area contributed by atoms with Crippen LogP contribution in [0.5, 0.6) is 5.75 Å². The average Bonchev–Trinajstić information content (AvgIpc) is 2.98. The molecule has 0 atom stereocenters. The van der Waals surface area contributed by atoms with Gasteiger partial charge in [-0.2, -0.15) is 0 Å². The minimum absolute atomic E-state index is 0. The molecule has 0 unspecified atom stereocenters. The zero-order chi connectivity index (χ0) is 32.4. The molecular weight excluding hydrogens is 609 g/mol. The van der Waals surface area contributed by atoms with Crippen molar-refractivity contribution in [3.63, 3.8) is 0 Å². The molecule has 0 aliphatic carbocycles. The lowest BCUT2D eigenvalue weighted by Gasteiger charge is -2.31. The van der Waals surface area contributed by atoms with Crippen molar-refractivity contribution in [3.05, 3.63) is 23.5 Å². The summed E-state index contributed by atoms with van der Waals surface area (Å²) in [7, 11) is 11.3. The summed E-state index contributed by atoms with van der Waals surface area (Å²) >= 11 is 0. The highest BCUT2D eigenvalue weighted by molar-refractivity contribution is 5.28. The van der Waals surface area contributed by atoms with Crippen LogP contribution < -0.4 is 29.6 Å². The van der Waals surface area contributed by atoms with Gasteiger partial charge >= 0.3 is 0 Å². The van der Waals surface area contributed by atoms with Crippen LogP contribution in [-0.4, -0.2) is 62.3 Å². The van der Waals surface area contributed by atoms with Crippen molar-refractivity contribution in [2.24, 2.45) is 0 Å². The minimum Gasteiger partial charge on any atom is -1.00 e. The molecule has 0 aliphatic rings. The SMILES string of the molecule is CCCCCCCCCCCCCC[N+](C)(C)Cc1ccc(OC)c(C[N+](C)(C)CCCCCCCCCCCCCC)n1.[Cl-].[Cl-]. The van der Waals surface area contributed by atoms with Crippen LogP contribution in [-0.2, 0) is 13.1 Å². The first-order valence-corrected chi connectivity index (χ1v) is 19.4. The van der Waals surface area contributed by atoms with Gasteiger partial charge in [-0.15, -0.1) is 0 Å². The first kappa shape index (κ1) is 47.6. The summed E-state index contributed by atoms with van der Waals surface area (Å²) in [5.41, 5.74) is 2.33. The Bertz CT molecular complexity index is 803. The number of ether oxygens (including phenoxy) is 1. The van der Waals surface area contributed by atoms with E-state index in [0.29, 0.717) is 0 Å². The molecule has 0 radical (unpaired) electrons. The van der Waals surface area contributed by atoms with E-state index in [9.17, 15) is 0 Å². The first-order chi connectivity index (χ1) is 21.2. The van der Waals surface area contributed by atoms with Crippen LogP contribution in [0.2, 0.25) is 0 Å². The normalized spacial score (nSPS) is 11.7. The Morgan fingerprint density at radius 1 is 0.478 bits per heavy atom. The molecule has 4 nitrogen and oxygen atoms in total. The maximum Gasteiger partial charge on any atom is 0.146 e. The molecule has 0 bridgehead atoms. The Morgan fingerprint density at radius 3 is 1.15 bits per heavy atom. The number of aromatic nitrogens is 1. The predicted octanol–water partition coefficient (Wildman–Crippen LogP) is 5.65. The van der Waals surface area contributed by atoms with Gasteiger partial charge in [-0.1, -0.05) is 142 Å². The second-order valence-electron chi connectivity index (χ2n) is 15.4. The van der Waals surface area contributed by atoms with E-state index >= 15 is 0 Å². The van der Waals surface area contributed by atoms with E-state index in [1.54, 1.807) is 7.11 Å². The highest BCUT2D eigenvalue weighted by atomic mass is 35.5. The van der Waals surface area contributed by atoms with Crippen LogP contribution in [0.25, 0.3) is 0 Å². The molecule has 0 spiro atoms. The van der Waals surface area contributed by atoms with Crippen molar-refractivity contribution >= 4 is 0 Å². The van der Waals surface area contributed by atoms with Crippen molar-refractivity contribution in [3.8, 4) is 5.75 Å². The zero-order valence-corrected chi connectivity index (χ0v) is 33.5. The van der Waals surface area contributed by atoms with Crippen LogP contribution in [0.4, 0.5) is 0 Å². The van der Waals surface area contributed by atoms with Crippen molar-refractivity contribution in [1.82, 2.24) is 4.98 Å². The van der Waals surface area contributed by atoms with Crippen LogP contribution in [0.15, 0.2) is 12.1 Å². The maximum absolute atomic E-state index is 5.76. The van der Waals surface area contributed by atoms with Crippen molar-refractivity contribution in [2.75, 3.05) is 48.4 Å². The first-order valence-electron chi connectivity index (χ1n) is 19.4. The molecule has 0 saturated carbocycles. The van der Waals surface area contributed by atoms with Gasteiger partial charge in [0.05, 0.1) is 54.1 Å². The molecule has 1 rings (SSSR count). The van der Waals surface area contributed by atoms with E-state index in [0.717, 1.165) is 33.5 Å². The third kappa shape index (κ3) is 26.4. The molecule has 6 heteroatoms. The van der Waals surface area contributed by atoms with Gasteiger partial charge in [0.2, 0.25) is 0 Å². The van der Waals surface area contributed by atoms with Crippen LogP contribution in [0.1, 0.15) is 179 Å². The Labute approximate surface area is 301 Å². The lowest BCUT2D eigenvalue weighted by molar-refractivity contribution is -0.905. The largest absolute Gasteiger partial charge is 1.00 e. The summed E-state index contributed by atoms with van der Waals surface area (Å²) in [5, 5.41) is 0. The van der Waals surface area contributed by atoms with Crippen molar-refractivity contribution in [1.29, 1.82) is 0 Å². The zero-order valence-electron chi connectivity index (χ0n) is 32.0. The summed E-state index contributed by atoms with van der Waals surface area (Å²) in [6.45, 7) is 8.94. The van der Waals surface area contributed by atoms with E-state index in [1.165, 1.54) is 173 Å². The number of hydrogen-bond donors (Lipinski definition) is 0. The van der Waals surface area contributed by atoms with E-state index < -0.39 is 0 Å². The van der Waals surface area contributed by atoms with E-state index in [2.05, 4.69) is 54.2 Å². The minimum atomic E-state index is 0. The molecule has 0 N–H and O–H groups in total. The fourth-order valence-electron chi connectivity index (χ4n) is 6.68. The van der Waals surface area contributed by atoms with Gasteiger partial charge in [-0.05, 0) is 37.8 Å². The van der Waals surface area contributed by atoms with Gasteiger partial charge < -0.3 is 38.5 Å². The monoisotopic (exact) mass is 688 g/mol. The van der Waals surface area contributed by atoms with Crippen molar-refractivity contribution in [2.45, 2.75) is 181 Å². The quantitative estimate of drug-likeness (QED) is 0.0744. The van der Waals surface area contributed by atoms with Gasteiger partial charge in [0.15, 0.2) is 0 Å². The summed E-state index contributed by atoms with van der Waals surface area (Å²) < 4.78 is 7.75. The topological polar surface area (TPSA) is 22.1 Å². The number of rotatable bonds is 31. The molecule has 1 heterocycles. The number of halogens is 2. The number of nitrogens with zero attached hydrogens (tertiary/aromatic N) is 3. The summed E-state index contributed by atoms with van der Waals surface area (Å²) in [4.78, 5) is 5.18. The van der Waals surface area contributed by atoms with Gasteiger partial charge in [-0.3, -0.25) is 0 Å². The van der Waals surface area contributed by atoms with Crippen molar-refractivity contribution < 1.29 is 38.5 Å². The molecule has 274 valence electrons. The molecule has 0 saturated heterocycles. The second-order valence-corrected chi connectivity index (χ2v) is 15.4. The van der Waals surface area contributed by atoms with E-state index in [1.807, 2.05) is 0 Å². The molecule has 0 aliphatic heterocycles. The molecule has 46 heavy (non-hydrogen) atoms. The molecule has 0 amide bonds. The summed E-state index contributed by atoms with van der Waals surface area (Å²) in [5.74, 6) is 0.945. The Balaban J connectivity index is 0. The Kier molecular flexibility index (Phi) is 31.5. The fraction of sp³-hybridized carbons (Fsp3) is 0.875. The molecular formula is C40H79Cl2N3O. The fourth-order valence-corrected chi connectivity index (χ4v) is 6.68. The highest BCUT2D eigenvalue weighted by Gasteiger charge is 2.22. The molecule has 0 aromatic carbocycles. The lowest BCUT2D eigenvalue weighted by atomic mass is 10.1. The third-order valence-electron chi connectivity index (χ3n) is 9.61. The number of quaternary nitrogens is 2. The van der Waals surface area contributed by atoms with Gasteiger partial charge in [0, 0.05) is 0 Å². The van der Waals surface area contributed by atoms with Crippen LogP contribution in [0.3, 0.4) is 0 Å². The van der Waals surface area contributed by atoms with E-state index in [4.69, 9.17) is 9.72 Å². The Morgan fingerprint density at radius 2 is 0.804 bits per heavy atom. The maximum atomic E-state index is 5.76. The van der Waals surface area contributed by atoms with Gasteiger partial charge in [-0.25, -0.2) is 4.98 Å². The molecule has 1 aromatic rings. The third-order valence-corrected chi connectivity index (χ3v) is 9.61. The Hall–Kier alpha value is -0.550. The molecule has 0 fully saturated rings. The summed E-state index contributed by atoms with van der Waals surface area (Å²) in [6.07, 6.45) is 33.8. The highest BCUT2D eigenvalue weighted by Crippen LogP contribution is 2.23. The predicted molar refractivity (Wildman–Crippen MR) is 194 cm³/mol. The van der Waals surface area contributed by atoms with Crippen LogP contribution >= 0.6 is 0 Å². The van der Waals surface area contributed by atoms with Gasteiger partial charge in [0.1, 0.15) is 24.5 Å².